The Hall–Kier alpha value is -2.90. The van der Waals surface area contributed by atoms with E-state index in [9.17, 15) is 19.2 Å². The second-order valence-corrected chi connectivity index (χ2v) is 8.32. The maximum atomic E-state index is 13.3. The van der Waals surface area contributed by atoms with Crippen LogP contribution in [0, 0.1) is 23.1 Å². The molecular formula is C21H27FN6O3. The molecule has 3 atom stereocenters. The molecule has 3 aliphatic heterocycles. The van der Waals surface area contributed by atoms with Crippen LogP contribution in [0.2, 0.25) is 0 Å². The van der Waals surface area contributed by atoms with Crippen molar-refractivity contribution in [2.45, 2.75) is 43.4 Å². The van der Waals surface area contributed by atoms with Gasteiger partial charge in [-0.25, -0.2) is 19.6 Å². The Bertz CT molecular complexity index is 865. The molecule has 2 amide bonds. The van der Waals surface area contributed by atoms with Crippen LogP contribution >= 0.6 is 0 Å². The number of carbonyl (C=O) groups excluding carboxylic acids is 2. The van der Waals surface area contributed by atoms with E-state index in [0.717, 1.165) is 6.42 Å². The predicted molar refractivity (Wildman–Crippen MR) is 110 cm³/mol. The monoisotopic (exact) mass is 430 g/mol. The zero-order chi connectivity index (χ0) is 22.0. The number of nitrogens with zero attached hydrogens (tertiary/aromatic N) is 3. The average Bonchev–Trinajstić information content (AvgIpc) is 3.16. The third kappa shape index (κ3) is 4.03. The number of hydrogen-bond donors (Lipinski definition) is 3. The lowest BCUT2D eigenvalue weighted by Crippen LogP contribution is -2.62. The normalized spacial score (nSPS) is 27.7. The van der Waals surface area contributed by atoms with E-state index in [0.29, 0.717) is 38.2 Å². The van der Waals surface area contributed by atoms with Crippen LogP contribution in [0.5, 0.6) is 0 Å². The van der Waals surface area contributed by atoms with E-state index in [-0.39, 0.29) is 36.2 Å². The van der Waals surface area contributed by atoms with Crippen molar-refractivity contribution in [2.24, 2.45) is 5.92 Å². The summed E-state index contributed by atoms with van der Waals surface area (Å²) < 4.78 is 18.1. The summed E-state index contributed by atoms with van der Waals surface area (Å²) in [6, 6.07) is 8.22. The number of likely N-dealkylation sites (tertiary alicyclic amines) is 1. The van der Waals surface area contributed by atoms with Gasteiger partial charge >= 0.3 is 6.09 Å². The van der Waals surface area contributed by atoms with Crippen LogP contribution in [0.1, 0.15) is 25.7 Å². The van der Waals surface area contributed by atoms with Crippen molar-refractivity contribution >= 4 is 17.7 Å². The number of nitrogens with one attached hydrogen (secondary N) is 3. The number of piperidine rings is 2. The smallest absolute Gasteiger partial charge is 0.409 e. The highest BCUT2D eigenvalue weighted by Gasteiger charge is 2.55. The van der Waals surface area contributed by atoms with Gasteiger partial charge in [-0.1, -0.05) is 0 Å². The number of hydrogen-bond acceptors (Lipinski definition) is 7. The third-order valence-electron chi connectivity index (χ3n) is 6.64. The molecule has 3 aliphatic rings. The van der Waals surface area contributed by atoms with Crippen LogP contribution in [0.3, 0.4) is 0 Å². The van der Waals surface area contributed by atoms with E-state index >= 15 is 0 Å². The Morgan fingerprint density at radius 2 is 2.06 bits per heavy atom. The molecule has 3 N–H and O–H groups in total. The van der Waals surface area contributed by atoms with Crippen molar-refractivity contribution in [2.75, 3.05) is 32.1 Å². The zero-order valence-corrected chi connectivity index (χ0v) is 17.4. The second-order valence-electron chi connectivity index (χ2n) is 8.32. The number of fused-ring (bicyclic) bond motifs is 1. The largest absolute Gasteiger partial charge is 0.453 e. The van der Waals surface area contributed by atoms with Crippen LogP contribution in [0.25, 0.3) is 0 Å². The Morgan fingerprint density at radius 1 is 1.35 bits per heavy atom. The Labute approximate surface area is 180 Å². The van der Waals surface area contributed by atoms with Gasteiger partial charge in [0.05, 0.1) is 31.1 Å². The van der Waals surface area contributed by atoms with Crippen LogP contribution in [-0.4, -0.2) is 66.4 Å². The molecule has 3 fully saturated rings. The van der Waals surface area contributed by atoms with Gasteiger partial charge in [-0.3, -0.25) is 4.79 Å². The Morgan fingerprint density at radius 3 is 2.71 bits per heavy atom. The van der Waals surface area contributed by atoms with Crippen molar-refractivity contribution in [3.05, 3.63) is 30.1 Å². The molecule has 10 heteroatoms. The molecule has 0 spiro atoms. The van der Waals surface area contributed by atoms with Gasteiger partial charge in [0.25, 0.3) is 0 Å². The molecule has 1 aromatic rings. The van der Waals surface area contributed by atoms with Crippen LogP contribution in [0.15, 0.2) is 24.3 Å². The van der Waals surface area contributed by atoms with Gasteiger partial charge in [0.2, 0.25) is 5.91 Å². The fourth-order valence-corrected chi connectivity index (χ4v) is 5.03. The summed E-state index contributed by atoms with van der Waals surface area (Å²) in [5.74, 6) is -0.747. The molecule has 31 heavy (non-hydrogen) atoms. The lowest BCUT2D eigenvalue weighted by atomic mass is 9.81. The Kier molecular flexibility index (Phi) is 5.98. The first kappa shape index (κ1) is 21.3. The molecule has 166 valence electrons. The number of benzene rings is 1. The van der Waals surface area contributed by atoms with Crippen molar-refractivity contribution < 1.29 is 18.7 Å². The summed E-state index contributed by atoms with van der Waals surface area (Å²) in [5.41, 5.74) is 3.66. The van der Waals surface area contributed by atoms with Gasteiger partial charge in [0.15, 0.2) is 0 Å². The summed E-state index contributed by atoms with van der Waals surface area (Å²) in [6.45, 7) is 1.52. The average molecular weight is 430 g/mol. The van der Waals surface area contributed by atoms with Crippen molar-refractivity contribution in [1.82, 2.24) is 20.7 Å². The summed E-state index contributed by atoms with van der Waals surface area (Å²) >= 11 is 0. The molecule has 1 aromatic carbocycles. The number of rotatable bonds is 4. The van der Waals surface area contributed by atoms with E-state index in [1.54, 1.807) is 17.0 Å². The van der Waals surface area contributed by atoms with Crippen molar-refractivity contribution in [3.63, 3.8) is 0 Å². The van der Waals surface area contributed by atoms with E-state index in [4.69, 9.17) is 4.74 Å². The highest BCUT2D eigenvalue weighted by molar-refractivity contribution is 5.82. The molecule has 3 heterocycles. The molecule has 0 aliphatic carbocycles. The van der Waals surface area contributed by atoms with E-state index < -0.39 is 11.7 Å². The molecule has 0 bridgehead atoms. The molecule has 3 unspecified atom stereocenters. The van der Waals surface area contributed by atoms with E-state index in [1.165, 1.54) is 19.2 Å². The number of halogens is 1. The fourth-order valence-electron chi connectivity index (χ4n) is 5.03. The van der Waals surface area contributed by atoms with E-state index in [1.807, 2.05) is 0 Å². The lowest BCUT2D eigenvalue weighted by Gasteiger charge is -2.48. The van der Waals surface area contributed by atoms with Crippen LogP contribution in [-0.2, 0) is 9.53 Å². The summed E-state index contributed by atoms with van der Waals surface area (Å²) in [5, 5.41) is 17.9. The number of carbonyl (C=O) groups is 2. The van der Waals surface area contributed by atoms with Gasteiger partial charge in [-0.2, -0.15) is 5.26 Å². The quantitative estimate of drug-likeness (QED) is 0.662. The second kappa shape index (κ2) is 8.69. The minimum Gasteiger partial charge on any atom is -0.453 e. The third-order valence-corrected chi connectivity index (χ3v) is 6.64. The number of ether oxygens (including phenoxy) is 1. The van der Waals surface area contributed by atoms with Gasteiger partial charge in [0, 0.05) is 31.4 Å². The topological polar surface area (TPSA) is 110 Å². The maximum Gasteiger partial charge on any atom is 0.409 e. The van der Waals surface area contributed by atoms with Crippen molar-refractivity contribution in [3.8, 4) is 6.07 Å². The summed E-state index contributed by atoms with van der Waals surface area (Å²) in [7, 11) is 1.36. The van der Waals surface area contributed by atoms with Gasteiger partial charge in [0.1, 0.15) is 12.0 Å². The maximum absolute atomic E-state index is 13.3. The van der Waals surface area contributed by atoms with Crippen LogP contribution in [0.4, 0.5) is 14.9 Å². The van der Waals surface area contributed by atoms with Gasteiger partial charge in [-0.05, 0) is 43.5 Å². The Balaban J connectivity index is 1.58. The molecule has 3 saturated heterocycles. The van der Waals surface area contributed by atoms with Gasteiger partial charge < -0.3 is 20.3 Å². The predicted octanol–water partition coefficient (Wildman–Crippen LogP) is 1.40. The highest BCUT2D eigenvalue weighted by Crippen LogP contribution is 2.40. The number of anilines is 1. The number of hydrazine groups is 1. The van der Waals surface area contributed by atoms with Crippen molar-refractivity contribution in [1.29, 1.82) is 5.26 Å². The minimum absolute atomic E-state index is 0.0510. The van der Waals surface area contributed by atoms with Crippen LogP contribution < -0.4 is 16.1 Å². The van der Waals surface area contributed by atoms with E-state index in [2.05, 4.69) is 27.1 Å². The zero-order valence-electron chi connectivity index (χ0n) is 17.4. The first-order valence-corrected chi connectivity index (χ1v) is 10.5. The van der Waals surface area contributed by atoms with Gasteiger partial charge in [-0.15, -0.1) is 0 Å². The first-order valence-electron chi connectivity index (χ1n) is 10.5. The molecule has 9 nitrogen and oxygen atoms in total. The summed E-state index contributed by atoms with van der Waals surface area (Å²) in [6.07, 6.45) is 1.45. The SMILES string of the molecule is COC(=O)N1CCC(CC#N)(N2NC(Nc3ccc(F)cc3)C3C(=O)NCCC32)CC1. The lowest BCUT2D eigenvalue weighted by molar-refractivity contribution is -0.128. The number of amides is 2. The highest BCUT2D eigenvalue weighted by atomic mass is 19.1. The molecule has 0 saturated carbocycles. The molecular weight excluding hydrogens is 403 g/mol. The summed E-state index contributed by atoms with van der Waals surface area (Å²) in [4.78, 5) is 26.4. The molecule has 4 rings (SSSR count). The first-order chi connectivity index (χ1) is 15.0. The number of methoxy groups -OCH3 is 1. The molecule has 0 radical (unpaired) electrons. The standard InChI is InChI=1S/C21H27FN6O3/c1-31-20(30)27-12-8-21(7-10-23,9-13-27)28-16-6-11-24-19(29)17(16)18(26-28)25-15-4-2-14(22)3-5-15/h2-5,16-18,25-26H,6-9,11-13H2,1H3,(H,24,29). The molecule has 0 aromatic heterocycles. The number of nitriles is 1. The fraction of sp³-hybridized carbons (Fsp3) is 0.571. The minimum atomic E-state index is -0.501.